The highest BCUT2D eigenvalue weighted by molar-refractivity contribution is 5.86. The van der Waals surface area contributed by atoms with Crippen molar-refractivity contribution >= 4 is 5.97 Å². The third-order valence-electron chi connectivity index (χ3n) is 6.09. The van der Waals surface area contributed by atoms with Crippen LogP contribution in [0.5, 0.6) is 11.5 Å². The van der Waals surface area contributed by atoms with Crippen LogP contribution in [0.25, 0.3) is 0 Å². The van der Waals surface area contributed by atoms with Crippen molar-refractivity contribution in [2.75, 3.05) is 0 Å². The summed E-state index contributed by atoms with van der Waals surface area (Å²) in [6.45, 7) is 9.92. The lowest BCUT2D eigenvalue weighted by Crippen LogP contribution is -2.49. The van der Waals surface area contributed by atoms with Crippen molar-refractivity contribution in [1.82, 2.24) is 0 Å². The first-order chi connectivity index (χ1) is 15.0. The van der Waals surface area contributed by atoms with Crippen LogP contribution >= 0.6 is 0 Å². The van der Waals surface area contributed by atoms with Gasteiger partial charge in [0.05, 0.1) is 6.10 Å². The molecule has 0 fully saturated rings. The number of benzene rings is 1. The van der Waals surface area contributed by atoms with Crippen LogP contribution in [0, 0.1) is 6.92 Å². The molecule has 0 bridgehead atoms. The molecule has 0 amide bonds. The lowest BCUT2D eigenvalue weighted by Gasteiger charge is -2.40. The Morgan fingerprint density at radius 3 is 2.47 bits per heavy atom. The van der Waals surface area contributed by atoms with E-state index in [0.717, 1.165) is 36.1 Å². The van der Waals surface area contributed by atoms with E-state index >= 15 is 0 Å². The molecule has 2 atom stereocenters. The smallest absolute Gasteiger partial charge is 0.331 e. The van der Waals surface area contributed by atoms with Crippen LogP contribution in [0.2, 0.25) is 0 Å². The van der Waals surface area contributed by atoms with Gasteiger partial charge in [-0.15, -0.1) is 0 Å². The number of phenolic OH excluding ortho intramolecular Hbond substituents is 1. The molecule has 32 heavy (non-hydrogen) atoms. The van der Waals surface area contributed by atoms with Gasteiger partial charge in [-0.25, -0.2) is 4.79 Å². The fourth-order valence-corrected chi connectivity index (χ4v) is 4.06. The number of aryl methyl sites for hydroxylation is 1. The molecule has 176 valence electrons. The van der Waals surface area contributed by atoms with E-state index < -0.39 is 17.7 Å². The summed E-state index contributed by atoms with van der Waals surface area (Å²) in [5.74, 6) is 0.112. The molecule has 5 heteroatoms. The Hall–Kier alpha value is -2.53. The Balaban J connectivity index is 1.91. The minimum Gasteiger partial charge on any atom is -0.508 e. The molecule has 1 aliphatic heterocycles. The van der Waals surface area contributed by atoms with E-state index in [1.54, 1.807) is 12.1 Å². The summed E-state index contributed by atoms with van der Waals surface area (Å²) in [6.07, 6.45) is 10.1. The summed E-state index contributed by atoms with van der Waals surface area (Å²) in [4.78, 5) is 11.4. The lowest BCUT2D eigenvalue weighted by atomic mass is 9.85. The Kier molecular flexibility index (Phi) is 9.14. The number of carboxylic acid groups (broad SMARTS) is 1. The monoisotopic (exact) mass is 442 g/mol. The second kappa shape index (κ2) is 11.4. The minimum absolute atomic E-state index is 0.191. The van der Waals surface area contributed by atoms with Gasteiger partial charge in [0.1, 0.15) is 17.1 Å². The average Bonchev–Trinajstić information content (AvgIpc) is 2.68. The number of aliphatic carboxylic acids is 1. The highest BCUT2D eigenvalue weighted by Gasteiger charge is 2.40. The van der Waals surface area contributed by atoms with Crippen molar-refractivity contribution in [1.29, 1.82) is 0 Å². The van der Waals surface area contributed by atoms with Gasteiger partial charge in [-0.3, -0.25) is 0 Å². The number of hydrogen-bond donors (Lipinski definition) is 3. The van der Waals surface area contributed by atoms with Crippen LogP contribution in [-0.2, 0) is 11.2 Å². The zero-order chi connectivity index (χ0) is 23.9. The number of rotatable bonds is 10. The molecule has 3 N–H and O–H groups in total. The van der Waals surface area contributed by atoms with E-state index in [0.29, 0.717) is 31.3 Å². The number of carbonyl (C=O) groups is 1. The van der Waals surface area contributed by atoms with Gasteiger partial charge >= 0.3 is 5.97 Å². The molecule has 0 saturated carbocycles. The van der Waals surface area contributed by atoms with E-state index in [1.165, 1.54) is 11.1 Å². The maximum atomic E-state index is 11.4. The topological polar surface area (TPSA) is 87.0 Å². The van der Waals surface area contributed by atoms with Gasteiger partial charge < -0.3 is 20.1 Å². The van der Waals surface area contributed by atoms with E-state index in [4.69, 9.17) is 4.74 Å². The molecule has 0 spiro atoms. The van der Waals surface area contributed by atoms with E-state index in [2.05, 4.69) is 19.1 Å². The molecule has 0 saturated heterocycles. The maximum absolute atomic E-state index is 11.4. The number of hydrogen-bond acceptors (Lipinski definition) is 4. The normalized spacial score (nSPS) is 21.0. The highest BCUT2D eigenvalue weighted by atomic mass is 16.5. The van der Waals surface area contributed by atoms with Gasteiger partial charge in [0.15, 0.2) is 0 Å². The number of fused-ring (bicyclic) bond motifs is 1. The zero-order valence-corrected chi connectivity index (χ0v) is 20.1. The summed E-state index contributed by atoms with van der Waals surface area (Å²) in [5, 5.41) is 29.9. The minimum atomic E-state index is -0.839. The molecular formula is C27H38O5. The fraction of sp³-hybridized carbons (Fsp3) is 0.519. The van der Waals surface area contributed by atoms with E-state index in [1.807, 2.05) is 33.8 Å². The zero-order valence-electron chi connectivity index (χ0n) is 20.1. The van der Waals surface area contributed by atoms with Crippen molar-refractivity contribution in [3.63, 3.8) is 0 Å². The summed E-state index contributed by atoms with van der Waals surface area (Å²) >= 11 is 0. The molecule has 1 aliphatic rings. The average molecular weight is 443 g/mol. The number of aromatic hydroxyl groups is 1. The maximum Gasteiger partial charge on any atom is 0.331 e. The van der Waals surface area contributed by atoms with Crippen molar-refractivity contribution in [2.24, 2.45) is 0 Å². The van der Waals surface area contributed by atoms with Crippen LogP contribution in [0.15, 0.2) is 47.1 Å². The van der Waals surface area contributed by atoms with Crippen molar-refractivity contribution in [3.05, 3.63) is 58.2 Å². The molecular weight excluding hydrogens is 404 g/mol. The quantitative estimate of drug-likeness (QED) is 0.305. The Morgan fingerprint density at radius 1 is 1.12 bits per heavy atom. The molecule has 2 rings (SSSR count). The van der Waals surface area contributed by atoms with Crippen LogP contribution in [-0.4, -0.2) is 33.0 Å². The van der Waals surface area contributed by atoms with Crippen LogP contribution in [0.1, 0.15) is 77.3 Å². The van der Waals surface area contributed by atoms with Crippen molar-refractivity contribution < 1.29 is 24.9 Å². The number of allylic oxidation sites excluding steroid dienone is 5. The van der Waals surface area contributed by atoms with Gasteiger partial charge in [-0.2, -0.15) is 0 Å². The Labute approximate surface area is 192 Å². The number of aliphatic hydroxyl groups is 1. The fourth-order valence-electron chi connectivity index (χ4n) is 4.06. The first-order valence-electron chi connectivity index (χ1n) is 11.4. The summed E-state index contributed by atoms with van der Waals surface area (Å²) in [7, 11) is 0. The second-order valence-electron chi connectivity index (χ2n) is 9.37. The molecule has 1 heterocycles. The third kappa shape index (κ3) is 7.27. The molecule has 0 aliphatic carbocycles. The predicted molar refractivity (Wildman–Crippen MR) is 128 cm³/mol. The first-order valence-corrected chi connectivity index (χ1v) is 11.4. The van der Waals surface area contributed by atoms with Crippen molar-refractivity contribution in [3.8, 4) is 11.5 Å². The highest BCUT2D eigenvalue weighted by Crippen LogP contribution is 2.40. The molecule has 5 nitrogen and oxygen atoms in total. The third-order valence-corrected chi connectivity index (χ3v) is 6.09. The van der Waals surface area contributed by atoms with Crippen molar-refractivity contribution in [2.45, 2.75) is 91.3 Å². The number of ether oxygens (including phenoxy) is 1. The Morgan fingerprint density at radius 2 is 1.81 bits per heavy atom. The summed E-state index contributed by atoms with van der Waals surface area (Å²) in [5.41, 5.74) is 3.89. The molecule has 1 aromatic carbocycles. The molecule has 0 radical (unpaired) electrons. The summed E-state index contributed by atoms with van der Waals surface area (Å²) < 4.78 is 6.22. The van der Waals surface area contributed by atoms with E-state index in [9.17, 15) is 20.1 Å². The molecule has 0 aromatic heterocycles. The number of aliphatic hydroxyl groups excluding tert-OH is 1. The number of phenols is 1. The van der Waals surface area contributed by atoms with Crippen LogP contribution in [0.3, 0.4) is 0 Å². The van der Waals surface area contributed by atoms with Gasteiger partial charge in [-0.1, -0.05) is 29.4 Å². The van der Waals surface area contributed by atoms with Gasteiger partial charge in [-0.05, 0) is 90.8 Å². The van der Waals surface area contributed by atoms with Gasteiger partial charge in [0, 0.05) is 17.6 Å². The lowest BCUT2D eigenvalue weighted by molar-refractivity contribution is -0.132. The molecule has 0 unspecified atom stereocenters. The second-order valence-corrected chi connectivity index (χ2v) is 9.37. The summed E-state index contributed by atoms with van der Waals surface area (Å²) in [6, 6.07) is 3.34. The van der Waals surface area contributed by atoms with Crippen LogP contribution in [0.4, 0.5) is 0 Å². The largest absolute Gasteiger partial charge is 0.508 e. The first kappa shape index (κ1) is 25.7. The predicted octanol–water partition coefficient (Wildman–Crippen LogP) is 6.02. The number of carboxylic acids is 1. The van der Waals surface area contributed by atoms with Crippen LogP contribution < -0.4 is 4.74 Å². The molecule has 1 aromatic rings. The SMILES string of the molecule is CC(C)=CCC/C(=C\CC/C(C)=C/CC[C@]1(C)Oc2c(C)cc(O)cc2C[C@@H]1O)C(=O)O. The van der Waals surface area contributed by atoms with Gasteiger partial charge in [0.25, 0.3) is 0 Å². The van der Waals surface area contributed by atoms with Gasteiger partial charge in [0.2, 0.25) is 0 Å². The van der Waals surface area contributed by atoms with E-state index in [-0.39, 0.29) is 5.75 Å². The standard InChI is InChI=1S/C27H38O5/c1-18(2)9-6-12-21(26(30)31)13-7-10-19(3)11-8-14-27(5)24(29)17-22-16-23(28)15-20(4)25(22)32-27/h9,11,13,15-16,24,28-29H,6-8,10,12,14,17H2,1-5H3,(H,30,31)/b19-11+,21-13+/t24-,27-/m0/s1. The Bertz CT molecular complexity index is 905.